The zero-order chi connectivity index (χ0) is 14.5. The smallest absolute Gasteiger partial charge is 0.312 e. The maximum absolute atomic E-state index is 12.0. The fourth-order valence-corrected chi connectivity index (χ4v) is 2.58. The Morgan fingerprint density at radius 1 is 1.30 bits per heavy atom. The van der Waals surface area contributed by atoms with Crippen molar-refractivity contribution in [1.29, 1.82) is 0 Å². The standard InChI is InChI=1S/C14H25N3O3/c1-11(2)3-7-20-8-6-16-10-12-9-15-4-5-17(12)14(19)13(16)18/h11-12,15H,3-10H2,1-2H3. The molecule has 0 bridgehead atoms. The fraction of sp³-hybridized carbons (Fsp3) is 0.857. The third-order valence-corrected chi connectivity index (χ3v) is 3.86. The zero-order valence-electron chi connectivity index (χ0n) is 12.4. The molecule has 114 valence electrons. The molecule has 0 spiro atoms. The van der Waals surface area contributed by atoms with Crippen LogP contribution in [0.3, 0.4) is 0 Å². The zero-order valence-corrected chi connectivity index (χ0v) is 12.4. The highest BCUT2D eigenvalue weighted by molar-refractivity contribution is 6.35. The number of piperazine rings is 2. The Balaban J connectivity index is 1.77. The minimum Gasteiger partial charge on any atom is -0.380 e. The number of nitrogens with zero attached hydrogens (tertiary/aromatic N) is 2. The molecule has 2 aliphatic heterocycles. The molecule has 2 rings (SSSR count). The van der Waals surface area contributed by atoms with E-state index in [0.717, 1.165) is 19.5 Å². The van der Waals surface area contributed by atoms with E-state index >= 15 is 0 Å². The predicted molar refractivity (Wildman–Crippen MR) is 75.2 cm³/mol. The van der Waals surface area contributed by atoms with Crippen molar-refractivity contribution in [2.75, 3.05) is 45.9 Å². The normalized spacial score (nSPS) is 23.4. The molecule has 20 heavy (non-hydrogen) atoms. The Kier molecular flexibility index (Phi) is 5.37. The summed E-state index contributed by atoms with van der Waals surface area (Å²) < 4.78 is 5.53. The van der Waals surface area contributed by atoms with Crippen LogP contribution in [0.1, 0.15) is 20.3 Å². The topological polar surface area (TPSA) is 61.9 Å². The Labute approximate surface area is 120 Å². The number of amides is 2. The van der Waals surface area contributed by atoms with Crippen LogP contribution in [0.15, 0.2) is 0 Å². The molecule has 1 atom stereocenters. The summed E-state index contributed by atoms with van der Waals surface area (Å²) in [5, 5.41) is 3.27. The van der Waals surface area contributed by atoms with Crippen LogP contribution >= 0.6 is 0 Å². The van der Waals surface area contributed by atoms with Crippen LogP contribution < -0.4 is 5.32 Å². The minimum atomic E-state index is -0.379. The number of rotatable bonds is 6. The molecule has 0 aromatic rings. The molecule has 6 nitrogen and oxygen atoms in total. The highest BCUT2D eigenvalue weighted by Crippen LogP contribution is 2.13. The van der Waals surface area contributed by atoms with Crippen LogP contribution in [0.4, 0.5) is 0 Å². The highest BCUT2D eigenvalue weighted by atomic mass is 16.5. The van der Waals surface area contributed by atoms with Gasteiger partial charge in [-0.15, -0.1) is 0 Å². The van der Waals surface area contributed by atoms with Gasteiger partial charge >= 0.3 is 11.8 Å². The van der Waals surface area contributed by atoms with Gasteiger partial charge in [0.1, 0.15) is 0 Å². The molecule has 0 radical (unpaired) electrons. The van der Waals surface area contributed by atoms with Crippen LogP contribution in [0.5, 0.6) is 0 Å². The molecule has 1 unspecified atom stereocenters. The number of ether oxygens (including phenoxy) is 1. The maximum Gasteiger partial charge on any atom is 0.312 e. The highest BCUT2D eigenvalue weighted by Gasteiger charge is 2.39. The van der Waals surface area contributed by atoms with Crippen LogP contribution in [-0.2, 0) is 14.3 Å². The van der Waals surface area contributed by atoms with Gasteiger partial charge in [0.15, 0.2) is 0 Å². The minimum absolute atomic E-state index is 0.115. The van der Waals surface area contributed by atoms with Crippen LogP contribution in [0.2, 0.25) is 0 Å². The monoisotopic (exact) mass is 283 g/mol. The van der Waals surface area contributed by atoms with Crippen molar-refractivity contribution >= 4 is 11.8 Å². The van der Waals surface area contributed by atoms with Crippen molar-refractivity contribution in [2.24, 2.45) is 5.92 Å². The average molecular weight is 283 g/mol. The second kappa shape index (κ2) is 7.04. The summed E-state index contributed by atoms with van der Waals surface area (Å²) in [6.07, 6.45) is 1.02. The van der Waals surface area contributed by atoms with Crippen molar-refractivity contribution in [3.63, 3.8) is 0 Å². The molecular formula is C14H25N3O3. The van der Waals surface area contributed by atoms with Gasteiger partial charge in [0.05, 0.1) is 12.6 Å². The summed E-state index contributed by atoms with van der Waals surface area (Å²) in [7, 11) is 0. The number of fused-ring (bicyclic) bond motifs is 1. The van der Waals surface area contributed by atoms with Gasteiger partial charge in [-0.25, -0.2) is 0 Å². The Morgan fingerprint density at radius 3 is 2.85 bits per heavy atom. The Morgan fingerprint density at radius 2 is 2.10 bits per heavy atom. The largest absolute Gasteiger partial charge is 0.380 e. The molecule has 2 aliphatic rings. The second-order valence-corrected chi connectivity index (χ2v) is 5.90. The SMILES string of the molecule is CC(C)CCOCCN1CC2CNCCN2C(=O)C1=O. The number of nitrogens with one attached hydrogen (secondary N) is 1. The summed E-state index contributed by atoms with van der Waals surface area (Å²) in [5.74, 6) is -0.115. The third kappa shape index (κ3) is 3.70. The summed E-state index contributed by atoms with van der Waals surface area (Å²) in [6.45, 7) is 8.82. The molecule has 2 fully saturated rings. The van der Waals surface area contributed by atoms with Gasteiger partial charge < -0.3 is 19.9 Å². The average Bonchev–Trinajstić information content (AvgIpc) is 2.43. The van der Waals surface area contributed by atoms with Gasteiger partial charge in [-0.2, -0.15) is 0 Å². The molecule has 0 aromatic heterocycles. The number of carbonyl (C=O) groups excluding carboxylic acids is 2. The van der Waals surface area contributed by atoms with Crippen LogP contribution in [0.25, 0.3) is 0 Å². The van der Waals surface area contributed by atoms with Crippen molar-refractivity contribution in [3.05, 3.63) is 0 Å². The van der Waals surface area contributed by atoms with E-state index in [1.54, 1.807) is 9.80 Å². The van der Waals surface area contributed by atoms with E-state index in [9.17, 15) is 9.59 Å². The van der Waals surface area contributed by atoms with E-state index in [0.29, 0.717) is 38.8 Å². The quantitative estimate of drug-likeness (QED) is 0.537. The van der Waals surface area contributed by atoms with E-state index < -0.39 is 0 Å². The molecule has 2 saturated heterocycles. The van der Waals surface area contributed by atoms with Gasteiger partial charge in [-0.3, -0.25) is 9.59 Å². The third-order valence-electron chi connectivity index (χ3n) is 3.86. The van der Waals surface area contributed by atoms with Gasteiger partial charge in [0.2, 0.25) is 0 Å². The van der Waals surface area contributed by atoms with E-state index in [4.69, 9.17) is 4.74 Å². The van der Waals surface area contributed by atoms with E-state index in [1.165, 1.54) is 0 Å². The number of carbonyl (C=O) groups is 2. The number of hydrogen-bond donors (Lipinski definition) is 1. The fourth-order valence-electron chi connectivity index (χ4n) is 2.58. The molecule has 0 aliphatic carbocycles. The van der Waals surface area contributed by atoms with Crippen molar-refractivity contribution in [2.45, 2.75) is 26.3 Å². The van der Waals surface area contributed by atoms with Gasteiger partial charge in [-0.05, 0) is 12.3 Å². The lowest BCUT2D eigenvalue weighted by atomic mass is 10.1. The van der Waals surface area contributed by atoms with E-state index in [2.05, 4.69) is 19.2 Å². The first-order chi connectivity index (χ1) is 9.59. The summed E-state index contributed by atoms with van der Waals surface area (Å²) in [6, 6.07) is 0.115. The molecule has 1 N–H and O–H groups in total. The molecule has 0 saturated carbocycles. The first kappa shape index (κ1) is 15.3. The first-order valence-electron chi connectivity index (χ1n) is 7.48. The Hall–Kier alpha value is -1.14. The van der Waals surface area contributed by atoms with E-state index in [1.807, 2.05) is 0 Å². The lowest BCUT2D eigenvalue weighted by Gasteiger charge is -2.43. The summed E-state index contributed by atoms with van der Waals surface area (Å²) in [4.78, 5) is 27.4. The lowest BCUT2D eigenvalue weighted by Crippen LogP contribution is -2.65. The van der Waals surface area contributed by atoms with Crippen molar-refractivity contribution in [1.82, 2.24) is 15.1 Å². The van der Waals surface area contributed by atoms with Crippen molar-refractivity contribution < 1.29 is 14.3 Å². The van der Waals surface area contributed by atoms with Crippen molar-refractivity contribution in [3.8, 4) is 0 Å². The molecule has 2 heterocycles. The lowest BCUT2D eigenvalue weighted by molar-refractivity contribution is -0.160. The molecular weight excluding hydrogens is 258 g/mol. The van der Waals surface area contributed by atoms with Crippen LogP contribution in [0, 0.1) is 5.92 Å². The predicted octanol–water partition coefficient (Wildman–Crippen LogP) is -0.308. The molecule has 6 heteroatoms. The van der Waals surface area contributed by atoms with Gasteiger partial charge in [0, 0.05) is 39.3 Å². The van der Waals surface area contributed by atoms with Gasteiger partial charge in [0.25, 0.3) is 0 Å². The summed E-state index contributed by atoms with van der Waals surface area (Å²) >= 11 is 0. The van der Waals surface area contributed by atoms with E-state index in [-0.39, 0.29) is 17.9 Å². The van der Waals surface area contributed by atoms with Crippen LogP contribution in [-0.4, -0.2) is 73.6 Å². The Bertz CT molecular complexity index is 360. The maximum atomic E-state index is 12.0. The molecule has 2 amide bonds. The number of hydrogen-bond acceptors (Lipinski definition) is 4. The second-order valence-electron chi connectivity index (χ2n) is 5.90. The first-order valence-corrected chi connectivity index (χ1v) is 7.48. The molecule has 0 aromatic carbocycles. The van der Waals surface area contributed by atoms with Gasteiger partial charge in [-0.1, -0.05) is 13.8 Å². The summed E-state index contributed by atoms with van der Waals surface area (Å²) in [5.41, 5.74) is 0.